The Bertz CT molecular complexity index is 652. The highest BCUT2D eigenvalue weighted by molar-refractivity contribution is 6.05. The first-order valence-corrected chi connectivity index (χ1v) is 5.78. The Labute approximate surface area is 113 Å². The quantitative estimate of drug-likeness (QED) is 0.941. The molecule has 1 amide bonds. The second-order valence-electron chi connectivity index (χ2n) is 4.27. The fourth-order valence-electron chi connectivity index (χ4n) is 1.77. The number of aryl methyl sites for hydroxylation is 1. The van der Waals surface area contributed by atoms with Crippen LogP contribution in [-0.4, -0.2) is 15.7 Å². The lowest BCUT2D eigenvalue weighted by molar-refractivity contribution is 0.101. The number of nitrogens with one attached hydrogen (secondary N) is 1. The Hall–Kier alpha value is -2.31. The zero-order valence-electron chi connectivity index (χ0n) is 10.8. The first-order valence-electron chi connectivity index (χ1n) is 5.78. The summed E-state index contributed by atoms with van der Waals surface area (Å²) >= 11 is 0. The van der Waals surface area contributed by atoms with Gasteiger partial charge < -0.3 is 5.32 Å². The van der Waals surface area contributed by atoms with Gasteiger partial charge in [0, 0.05) is 24.5 Å². The number of anilines is 1. The topological polar surface area (TPSA) is 46.9 Å². The Morgan fingerprint density at radius 1 is 1.40 bits per heavy atom. The van der Waals surface area contributed by atoms with E-state index in [1.54, 1.807) is 0 Å². The van der Waals surface area contributed by atoms with Crippen molar-refractivity contribution in [1.82, 2.24) is 9.78 Å². The Morgan fingerprint density at radius 3 is 2.75 bits per heavy atom. The lowest BCUT2D eigenvalue weighted by atomic mass is 10.1. The summed E-state index contributed by atoms with van der Waals surface area (Å²) < 4.78 is 40.0. The standard InChI is InChI=1S/C13H12F3N3O/c1-7-9(14)4-3-5-10(7)17-13(20)8-6-19(2)18-11(8)12(15)16/h3-6,12H,1-2H3,(H,17,20). The summed E-state index contributed by atoms with van der Waals surface area (Å²) in [5.41, 5.74) is -0.354. The molecule has 20 heavy (non-hydrogen) atoms. The summed E-state index contributed by atoms with van der Waals surface area (Å²) in [6.45, 7) is 1.49. The second kappa shape index (κ2) is 5.36. The number of amides is 1. The maximum absolute atomic E-state index is 13.4. The normalized spacial score (nSPS) is 10.9. The van der Waals surface area contributed by atoms with Crippen LogP contribution in [0.15, 0.2) is 24.4 Å². The first kappa shape index (κ1) is 14.1. The molecule has 1 aromatic heterocycles. The molecule has 1 heterocycles. The van der Waals surface area contributed by atoms with Crippen molar-refractivity contribution in [2.45, 2.75) is 13.3 Å². The minimum atomic E-state index is -2.86. The highest BCUT2D eigenvalue weighted by atomic mass is 19.3. The predicted octanol–water partition coefficient (Wildman–Crippen LogP) is 3.06. The van der Waals surface area contributed by atoms with Crippen LogP contribution in [-0.2, 0) is 7.05 Å². The molecule has 0 saturated carbocycles. The molecule has 0 aliphatic heterocycles. The van der Waals surface area contributed by atoms with E-state index in [9.17, 15) is 18.0 Å². The first-order chi connectivity index (χ1) is 9.40. The van der Waals surface area contributed by atoms with Crippen molar-refractivity contribution < 1.29 is 18.0 Å². The molecule has 0 atom stereocenters. The second-order valence-corrected chi connectivity index (χ2v) is 4.27. The summed E-state index contributed by atoms with van der Waals surface area (Å²) in [4.78, 5) is 12.0. The number of aromatic nitrogens is 2. The van der Waals surface area contributed by atoms with E-state index in [0.29, 0.717) is 0 Å². The summed E-state index contributed by atoms with van der Waals surface area (Å²) in [7, 11) is 1.44. The van der Waals surface area contributed by atoms with Crippen molar-refractivity contribution >= 4 is 11.6 Å². The lowest BCUT2D eigenvalue weighted by Crippen LogP contribution is -2.14. The van der Waals surface area contributed by atoms with E-state index >= 15 is 0 Å². The molecular formula is C13H12F3N3O. The molecule has 1 N–H and O–H groups in total. The SMILES string of the molecule is Cc1c(F)cccc1NC(=O)c1cn(C)nc1C(F)F. The molecule has 2 aromatic rings. The molecule has 0 fully saturated rings. The van der Waals surface area contributed by atoms with Crippen molar-refractivity contribution in [2.75, 3.05) is 5.32 Å². The minimum absolute atomic E-state index is 0.230. The van der Waals surface area contributed by atoms with Gasteiger partial charge in [-0.2, -0.15) is 5.10 Å². The summed E-state index contributed by atoms with van der Waals surface area (Å²) in [6, 6.07) is 4.17. The third-order valence-corrected chi connectivity index (χ3v) is 2.82. The summed E-state index contributed by atoms with van der Waals surface area (Å²) in [5, 5.41) is 5.95. The molecule has 4 nitrogen and oxygen atoms in total. The number of nitrogens with zero attached hydrogens (tertiary/aromatic N) is 2. The number of carbonyl (C=O) groups is 1. The molecule has 0 saturated heterocycles. The van der Waals surface area contributed by atoms with Gasteiger partial charge in [0.1, 0.15) is 11.5 Å². The van der Waals surface area contributed by atoms with Crippen molar-refractivity contribution in [1.29, 1.82) is 0 Å². The van der Waals surface area contributed by atoms with Gasteiger partial charge in [-0.3, -0.25) is 9.48 Å². The van der Waals surface area contributed by atoms with Gasteiger partial charge in [-0.25, -0.2) is 13.2 Å². The number of halogens is 3. The predicted molar refractivity (Wildman–Crippen MR) is 67.3 cm³/mol. The van der Waals surface area contributed by atoms with Crippen LogP contribution in [0.2, 0.25) is 0 Å². The zero-order valence-corrected chi connectivity index (χ0v) is 10.8. The van der Waals surface area contributed by atoms with Gasteiger partial charge in [0.05, 0.1) is 5.56 Å². The summed E-state index contributed by atoms with van der Waals surface area (Å²) in [5.74, 6) is -1.23. The molecule has 106 valence electrons. The number of rotatable bonds is 3. The van der Waals surface area contributed by atoms with Crippen LogP contribution in [0.4, 0.5) is 18.9 Å². The molecule has 0 bridgehead atoms. The number of hydrogen-bond donors (Lipinski definition) is 1. The smallest absolute Gasteiger partial charge is 0.282 e. The van der Waals surface area contributed by atoms with E-state index in [4.69, 9.17) is 0 Å². The minimum Gasteiger partial charge on any atom is -0.322 e. The number of benzene rings is 1. The molecule has 0 aliphatic carbocycles. The van der Waals surface area contributed by atoms with Gasteiger partial charge in [0.2, 0.25) is 0 Å². The Morgan fingerprint density at radius 2 is 2.10 bits per heavy atom. The van der Waals surface area contributed by atoms with Gasteiger partial charge >= 0.3 is 0 Å². The van der Waals surface area contributed by atoms with Crippen LogP contribution in [0.25, 0.3) is 0 Å². The van der Waals surface area contributed by atoms with Crippen molar-refractivity contribution in [3.8, 4) is 0 Å². The van der Waals surface area contributed by atoms with Crippen LogP contribution in [0.3, 0.4) is 0 Å². The van der Waals surface area contributed by atoms with E-state index in [1.165, 1.54) is 38.4 Å². The van der Waals surface area contributed by atoms with E-state index in [0.717, 1.165) is 4.68 Å². The summed E-state index contributed by atoms with van der Waals surface area (Å²) in [6.07, 6.45) is -1.66. The van der Waals surface area contributed by atoms with Crippen LogP contribution in [0.1, 0.15) is 28.0 Å². The van der Waals surface area contributed by atoms with Crippen LogP contribution < -0.4 is 5.32 Å². The molecule has 0 spiro atoms. The fraction of sp³-hybridized carbons (Fsp3) is 0.231. The van der Waals surface area contributed by atoms with Crippen LogP contribution in [0, 0.1) is 12.7 Å². The molecule has 7 heteroatoms. The molecular weight excluding hydrogens is 271 g/mol. The largest absolute Gasteiger partial charge is 0.322 e. The lowest BCUT2D eigenvalue weighted by Gasteiger charge is -2.08. The molecule has 0 radical (unpaired) electrons. The van der Waals surface area contributed by atoms with Crippen molar-refractivity contribution in [3.63, 3.8) is 0 Å². The van der Waals surface area contributed by atoms with E-state index in [1.807, 2.05) is 0 Å². The monoisotopic (exact) mass is 283 g/mol. The molecule has 1 aromatic carbocycles. The fourth-order valence-corrected chi connectivity index (χ4v) is 1.77. The van der Waals surface area contributed by atoms with Gasteiger partial charge in [-0.15, -0.1) is 0 Å². The zero-order chi connectivity index (χ0) is 14.9. The number of alkyl halides is 2. The van der Waals surface area contributed by atoms with E-state index in [2.05, 4.69) is 10.4 Å². The van der Waals surface area contributed by atoms with Crippen molar-refractivity contribution in [2.24, 2.45) is 7.05 Å². The third-order valence-electron chi connectivity index (χ3n) is 2.82. The number of hydrogen-bond acceptors (Lipinski definition) is 2. The highest BCUT2D eigenvalue weighted by Gasteiger charge is 2.23. The Kier molecular flexibility index (Phi) is 3.78. The van der Waals surface area contributed by atoms with Crippen LogP contribution in [0.5, 0.6) is 0 Å². The van der Waals surface area contributed by atoms with Crippen LogP contribution >= 0.6 is 0 Å². The van der Waals surface area contributed by atoms with E-state index < -0.39 is 23.8 Å². The average Bonchev–Trinajstić information content (AvgIpc) is 2.77. The van der Waals surface area contributed by atoms with Gasteiger partial charge in [-0.05, 0) is 19.1 Å². The molecule has 0 unspecified atom stereocenters. The third kappa shape index (κ3) is 2.66. The maximum Gasteiger partial charge on any atom is 0.282 e. The average molecular weight is 283 g/mol. The molecule has 2 rings (SSSR count). The Balaban J connectivity index is 2.31. The number of carbonyl (C=O) groups excluding carboxylic acids is 1. The molecule has 0 aliphatic rings. The highest BCUT2D eigenvalue weighted by Crippen LogP contribution is 2.23. The van der Waals surface area contributed by atoms with E-state index in [-0.39, 0.29) is 16.8 Å². The van der Waals surface area contributed by atoms with Gasteiger partial charge in [0.25, 0.3) is 12.3 Å². The maximum atomic E-state index is 13.4. The van der Waals surface area contributed by atoms with Gasteiger partial charge in [-0.1, -0.05) is 6.07 Å². The van der Waals surface area contributed by atoms with Crippen molar-refractivity contribution in [3.05, 3.63) is 47.0 Å². The van der Waals surface area contributed by atoms with Gasteiger partial charge in [0.15, 0.2) is 0 Å².